The number of methoxy groups -OCH3 is 1. The predicted octanol–water partition coefficient (Wildman–Crippen LogP) is 5.07. The quantitative estimate of drug-likeness (QED) is 0.361. The number of rotatable bonds is 9. The van der Waals surface area contributed by atoms with Crippen molar-refractivity contribution in [2.45, 2.75) is 36.8 Å². The van der Waals surface area contributed by atoms with Crippen LogP contribution >= 0.6 is 23.2 Å². The summed E-state index contributed by atoms with van der Waals surface area (Å²) in [5.41, 5.74) is 2.10. The summed E-state index contributed by atoms with van der Waals surface area (Å²) in [5.74, 6) is -0.563. The molecule has 0 radical (unpaired) electrons. The van der Waals surface area contributed by atoms with Crippen molar-refractivity contribution in [3.8, 4) is 5.75 Å². The normalized spacial score (nSPS) is 20.6. The first-order valence-corrected chi connectivity index (χ1v) is 13.2. The van der Waals surface area contributed by atoms with Gasteiger partial charge in [-0.2, -0.15) is 0 Å². The lowest BCUT2D eigenvalue weighted by Crippen LogP contribution is -2.40. The molecule has 0 saturated carbocycles. The first-order valence-electron chi connectivity index (χ1n) is 12.4. The number of alkyl halides is 1. The van der Waals surface area contributed by atoms with E-state index in [0.29, 0.717) is 41.5 Å². The maximum Gasteiger partial charge on any atom is 0.335 e. The number of nitrogens with one attached hydrogen (secondary N) is 2. The fraction of sp³-hybridized carbons (Fsp3) is 0.321. The Labute approximate surface area is 236 Å². The van der Waals surface area contributed by atoms with E-state index in [4.69, 9.17) is 37.8 Å². The Bertz CT molecular complexity index is 1280. The lowest BCUT2D eigenvalue weighted by Gasteiger charge is -2.27. The van der Waals surface area contributed by atoms with Gasteiger partial charge >= 0.3 is 12.0 Å². The molecule has 1 fully saturated rings. The van der Waals surface area contributed by atoms with E-state index < -0.39 is 18.1 Å². The van der Waals surface area contributed by atoms with E-state index in [1.165, 1.54) is 12.1 Å². The molecule has 206 valence electrons. The third-order valence-electron chi connectivity index (χ3n) is 6.56. The lowest BCUT2D eigenvalue weighted by atomic mass is 9.96. The van der Waals surface area contributed by atoms with Crippen LogP contribution in [0.2, 0.25) is 5.02 Å². The topological polar surface area (TPSA) is 117 Å². The van der Waals surface area contributed by atoms with Crippen molar-refractivity contribution >= 4 is 46.8 Å². The van der Waals surface area contributed by atoms with Crippen LogP contribution in [0.1, 0.15) is 29.6 Å². The van der Waals surface area contributed by atoms with Crippen LogP contribution in [0.4, 0.5) is 10.5 Å². The number of amides is 3. The number of anilines is 1. The van der Waals surface area contributed by atoms with Crippen LogP contribution in [0.25, 0.3) is 0 Å². The maximum atomic E-state index is 13.2. The second-order valence-corrected chi connectivity index (χ2v) is 10.3. The average Bonchev–Trinajstić information content (AvgIpc) is 3.30. The van der Waals surface area contributed by atoms with Crippen molar-refractivity contribution in [1.82, 2.24) is 10.2 Å². The van der Waals surface area contributed by atoms with Crippen molar-refractivity contribution < 1.29 is 29.0 Å². The van der Waals surface area contributed by atoms with Gasteiger partial charge in [0.25, 0.3) is 0 Å². The fourth-order valence-electron chi connectivity index (χ4n) is 4.55. The average molecular weight is 574 g/mol. The molecule has 1 aliphatic heterocycles. The van der Waals surface area contributed by atoms with Crippen LogP contribution in [0.5, 0.6) is 5.75 Å². The van der Waals surface area contributed by atoms with Crippen LogP contribution in [0.15, 0.2) is 72.0 Å². The predicted molar refractivity (Wildman–Crippen MR) is 148 cm³/mol. The highest BCUT2D eigenvalue weighted by Gasteiger charge is 2.35. The van der Waals surface area contributed by atoms with E-state index in [1.54, 1.807) is 54.5 Å². The number of halogens is 2. The molecule has 3 amide bonds. The molecule has 1 heterocycles. The molecule has 1 unspecified atom stereocenters. The van der Waals surface area contributed by atoms with Crippen molar-refractivity contribution in [3.63, 3.8) is 0 Å². The number of carbonyl (C=O) groups is 3. The SMILES string of the molecule is COC1CC(CC(=O)N2C[C@@H](Cl)C[C@H]2COc2ccc(C(=O)O)cc2)=CC=C1NC(=O)Nc1ccccc1Cl. The number of allylic oxidation sites excluding steroid dienone is 2. The number of para-hydroxylation sites is 1. The van der Waals surface area contributed by atoms with Gasteiger partial charge in [0.2, 0.25) is 5.91 Å². The first-order chi connectivity index (χ1) is 18.7. The van der Waals surface area contributed by atoms with Gasteiger partial charge in [0.1, 0.15) is 18.5 Å². The molecule has 39 heavy (non-hydrogen) atoms. The van der Waals surface area contributed by atoms with Gasteiger partial charge in [-0.15, -0.1) is 11.6 Å². The highest BCUT2D eigenvalue weighted by molar-refractivity contribution is 6.33. The Morgan fingerprint density at radius 2 is 1.82 bits per heavy atom. The van der Waals surface area contributed by atoms with Crippen molar-refractivity contribution in [2.24, 2.45) is 0 Å². The van der Waals surface area contributed by atoms with E-state index in [2.05, 4.69) is 10.6 Å². The standard InChI is InChI=1S/C28H29Cl2N3O6/c1-38-25-12-17(6-11-24(25)32-28(37)31-23-5-3-2-4-22(23)30)13-26(34)33-15-19(29)14-20(33)16-39-21-9-7-18(8-10-21)27(35)36/h2-11,19-20,25H,12-16H2,1H3,(H,35,36)(H2,31,32,37)/t19-,20-,25?/m0/s1. The number of carboxylic acids is 1. The number of ether oxygens (including phenoxy) is 2. The summed E-state index contributed by atoms with van der Waals surface area (Å²) in [7, 11) is 1.55. The number of carbonyl (C=O) groups excluding carboxylic acids is 2. The van der Waals surface area contributed by atoms with Crippen LogP contribution < -0.4 is 15.4 Å². The van der Waals surface area contributed by atoms with Gasteiger partial charge in [-0.05, 0) is 48.9 Å². The van der Waals surface area contributed by atoms with E-state index >= 15 is 0 Å². The Morgan fingerprint density at radius 1 is 1.08 bits per heavy atom. The van der Waals surface area contributed by atoms with Crippen LogP contribution in [-0.2, 0) is 9.53 Å². The number of likely N-dealkylation sites (tertiary alicyclic amines) is 1. The third-order valence-corrected chi connectivity index (χ3v) is 7.21. The van der Waals surface area contributed by atoms with Gasteiger partial charge in [0, 0.05) is 32.2 Å². The molecule has 1 saturated heterocycles. The summed E-state index contributed by atoms with van der Waals surface area (Å²) in [6.07, 6.45) is 4.35. The monoisotopic (exact) mass is 573 g/mol. The van der Waals surface area contributed by atoms with Gasteiger partial charge in [-0.25, -0.2) is 9.59 Å². The molecule has 1 aliphatic carbocycles. The molecule has 4 rings (SSSR count). The summed E-state index contributed by atoms with van der Waals surface area (Å²) in [4.78, 5) is 38.5. The zero-order valence-corrected chi connectivity index (χ0v) is 22.7. The Morgan fingerprint density at radius 3 is 2.51 bits per heavy atom. The molecule has 11 heteroatoms. The van der Waals surface area contributed by atoms with Gasteiger partial charge in [0.05, 0.1) is 27.7 Å². The number of aromatic carboxylic acids is 1. The summed E-state index contributed by atoms with van der Waals surface area (Å²) >= 11 is 12.5. The Hall–Kier alpha value is -3.53. The van der Waals surface area contributed by atoms with Crippen molar-refractivity contribution in [3.05, 3.63) is 82.5 Å². The van der Waals surface area contributed by atoms with E-state index in [9.17, 15) is 14.4 Å². The maximum absolute atomic E-state index is 13.2. The van der Waals surface area contributed by atoms with Gasteiger partial charge < -0.3 is 30.1 Å². The Kier molecular flexibility index (Phi) is 9.50. The fourth-order valence-corrected chi connectivity index (χ4v) is 5.08. The minimum Gasteiger partial charge on any atom is -0.491 e. The summed E-state index contributed by atoms with van der Waals surface area (Å²) in [5, 5.41) is 14.8. The van der Waals surface area contributed by atoms with Gasteiger partial charge in [-0.3, -0.25) is 4.79 Å². The molecular weight excluding hydrogens is 545 g/mol. The molecule has 3 atom stereocenters. The number of hydrogen-bond acceptors (Lipinski definition) is 5. The molecular formula is C28H29Cl2N3O6. The third kappa shape index (κ3) is 7.53. The number of hydrogen-bond donors (Lipinski definition) is 3. The Balaban J connectivity index is 1.35. The number of benzene rings is 2. The molecule has 0 aromatic heterocycles. The van der Waals surface area contributed by atoms with Gasteiger partial charge in [0.15, 0.2) is 0 Å². The first kappa shape index (κ1) is 28.5. The molecule has 3 N–H and O–H groups in total. The molecule has 9 nitrogen and oxygen atoms in total. The summed E-state index contributed by atoms with van der Waals surface area (Å²) < 4.78 is 11.4. The van der Waals surface area contributed by atoms with Crippen molar-refractivity contribution in [2.75, 3.05) is 25.6 Å². The van der Waals surface area contributed by atoms with E-state index in [1.807, 2.05) is 6.08 Å². The van der Waals surface area contributed by atoms with E-state index in [0.717, 1.165) is 5.57 Å². The lowest BCUT2D eigenvalue weighted by molar-refractivity contribution is -0.131. The molecule has 2 aromatic rings. The molecule has 2 aromatic carbocycles. The van der Waals surface area contributed by atoms with Crippen LogP contribution in [0, 0.1) is 0 Å². The summed E-state index contributed by atoms with van der Waals surface area (Å²) in [6, 6.07) is 12.4. The second kappa shape index (κ2) is 13.0. The van der Waals surface area contributed by atoms with E-state index in [-0.39, 0.29) is 35.9 Å². The molecule has 2 aliphatic rings. The second-order valence-electron chi connectivity index (χ2n) is 9.28. The zero-order valence-electron chi connectivity index (χ0n) is 21.2. The van der Waals surface area contributed by atoms with Gasteiger partial charge in [-0.1, -0.05) is 35.4 Å². The molecule has 0 spiro atoms. The highest BCUT2D eigenvalue weighted by atomic mass is 35.5. The van der Waals surface area contributed by atoms with Crippen molar-refractivity contribution in [1.29, 1.82) is 0 Å². The number of carboxylic acid groups (broad SMARTS) is 1. The zero-order chi connectivity index (χ0) is 27.9. The largest absolute Gasteiger partial charge is 0.491 e. The van der Waals surface area contributed by atoms with Crippen LogP contribution in [0.3, 0.4) is 0 Å². The number of nitrogens with zero attached hydrogens (tertiary/aromatic N) is 1. The smallest absolute Gasteiger partial charge is 0.335 e. The highest BCUT2D eigenvalue weighted by Crippen LogP contribution is 2.28. The summed E-state index contributed by atoms with van der Waals surface area (Å²) in [6.45, 7) is 0.661. The minimum atomic E-state index is -1.01. The molecule has 0 bridgehead atoms. The number of urea groups is 1. The minimum absolute atomic E-state index is 0.0738. The van der Waals surface area contributed by atoms with Crippen LogP contribution in [-0.4, -0.2) is 65.7 Å².